The molecule has 0 fully saturated rings. The van der Waals surface area contributed by atoms with E-state index in [2.05, 4.69) is 5.32 Å². The molecule has 0 heterocycles. The van der Waals surface area contributed by atoms with Crippen LogP contribution in [-0.2, 0) is 4.79 Å². The van der Waals surface area contributed by atoms with Crippen molar-refractivity contribution in [2.75, 3.05) is 31.5 Å². The number of aryl methyl sites for hydroxylation is 2. The van der Waals surface area contributed by atoms with E-state index < -0.39 is 0 Å². The lowest BCUT2D eigenvalue weighted by molar-refractivity contribution is -0.117. The fraction of sp³-hybridized carbons (Fsp3) is 0.500. The molecule has 0 unspecified atom stereocenters. The number of nitrogens with zero attached hydrogens (tertiary/aromatic N) is 1. The molecule has 1 aromatic carbocycles. The van der Waals surface area contributed by atoms with Gasteiger partial charge in [-0.2, -0.15) is 0 Å². The van der Waals surface area contributed by atoms with Gasteiger partial charge in [-0.05, 0) is 31.5 Å². The zero-order valence-electron chi connectivity index (χ0n) is 11.5. The standard InChI is InChI=1S/C14H23N3O/c1-4-17(9-8-15)10-13(18)16-14-11(2)6-5-7-12(14)3/h5-7H,4,8-10,15H2,1-3H3,(H,16,18). The number of amides is 1. The van der Waals surface area contributed by atoms with Crippen molar-refractivity contribution < 1.29 is 4.79 Å². The van der Waals surface area contributed by atoms with E-state index in [9.17, 15) is 4.79 Å². The highest BCUT2D eigenvalue weighted by atomic mass is 16.2. The summed E-state index contributed by atoms with van der Waals surface area (Å²) in [4.78, 5) is 14.0. The van der Waals surface area contributed by atoms with Gasteiger partial charge in [0, 0.05) is 18.8 Å². The average molecular weight is 249 g/mol. The van der Waals surface area contributed by atoms with Gasteiger partial charge in [0.25, 0.3) is 0 Å². The molecule has 0 saturated carbocycles. The molecule has 100 valence electrons. The number of nitrogens with one attached hydrogen (secondary N) is 1. The fourth-order valence-electron chi connectivity index (χ4n) is 1.93. The Balaban J connectivity index is 2.64. The van der Waals surface area contributed by atoms with E-state index in [0.29, 0.717) is 13.1 Å². The molecule has 0 atom stereocenters. The Hall–Kier alpha value is -1.39. The van der Waals surface area contributed by atoms with Crippen LogP contribution in [0, 0.1) is 13.8 Å². The monoisotopic (exact) mass is 249 g/mol. The summed E-state index contributed by atoms with van der Waals surface area (Å²) in [6.45, 7) is 8.57. The van der Waals surface area contributed by atoms with Crippen LogP contribution < -0.4 is 11.1 Å². The molecular weight excluding hydrogens is 226 g/mol. The second-order valence-corrected chi connectivity index (χ2v) is 4.47. The van der Waals surface area contributed by atoms with Crippen LogP contribution in [0.15, 0.2) is 18.2 Å². The largest absolute Gasteiger partial charge is 0.329 e. The van der Waals surface area contributed by atoms with Crippen molar-refractivity contribution in [3.8, 4) is 0 Å². The lowest BCUT2D eigenvalue weighted by atomic mass is 10.1. The van der Waals surface area contributed by atoms with Crippen molar-refractivity contribution in [1.82, 2.24) is 4.90 Å². The summed E-state index contributed by atoms with van der Waals surface area (Å²) in [5.74, 6) is 0.0164. The Morgan fingerprint density at radius 1 is 1.33 bits per heavy atom. The number of hydrogen-bond donors (Lipinski definition) is 2. The van der Waals surface area contributed by atoms with Crippen LogP contribution >= 0.6 is 0 Å². The molecule has 1 rings (SSSR count). The third kappa shape index (κ3) is 4.13. The summed E-state index contributed by atoms with van der Waals surface area (Å²) in [7, 11) is 0. The van der Waals surface area contributed by atoms with Crippen molar-refractivity contribution >= 4 is 11.6 Å². The number of anilines is 1. The summed E-state index contributed by atoms with van der Waals surface area (Å²) in [5, 5.41) is 2.98. The molecule has 0 bridgehead atoms. The van der Waals surface area contributed by atoms with Crippen LogP contribution in [-0.4, -0.2) is 37.0 Å². The number of carbonyl (C=O) groups excluding carboxylic acids is 1. The highest BCUT2D eigenvalue weighted by Crippen LogP contribution is 2.19. The van der Waals surface area contributed by atoms with Crippen LogP contribution in [0.5, 0.6) is 0 Å². The zero-order chi connectivity index (χ0) is 13.5. The van der Waals surface area contributed by atoms with Crippen LogP contribution in [0.4, 0.5) is 5.69 Å². The Kier molecular flexibility index (Phi) is 5.82. The minimum absolute atomic E-state index is 0.0164. The van der Waals surface area contributed by atoms with E-state index in [1.54, 1.807) is 0 Å². The van der Waals surface area contributed by atoms with Crippen molar-refractivity contribution in [1.29, 1.82) is 0 Å². The van der Waals surface area contributed by atoms with Crippen LogP contribution in [0.25, 0.3) is 0 Å². The summed E-state index contributed by atoms with van der Waals surface area (Å²) < 4.78 is 0. The van der Waals surface area contributed by atoms with E-state index in [-0.39, 0.29) is 5.91 Å². The molecule has 0 aliphatic carbocycles. The Bertz CT molecular complexity index is 384. The van der Waals surface area contributed by atoms with E-state index in [0.717, 1.165) is 29.9 Å². The highest BCUT2D eigenvalue weighted by Gasteiger charge is 2.10. The molecular formula is C14H23N3O. The van der Waals surface area contributed by atoms with Crippen LogP contribution in [0.2, 0.25) is 0 Å². The molecule has 0 spiro atoms. The van der Waals surface area contributed by atoms with Gasteiger partial charge in [-0.15, -0.1) is 0 Å². The number of rotatable bonds is 6. The first-order chi connectivity index (χ1) is 8.58. The third-order valence-corrected chi connectivity index (χ3v) is 3.01. The van der Waals surface area contributed by atoms with Gasteiger partial charge >= 0.3 is 0 Å². The summed E-state index contributed by atoms with van der Waals surface area (Å²) in [6.07, 6.45) is 0. The van der Waals surface area contributed by atoms with Crippen LogP contribution in [0.3, 0.4) is 0 Å². The average Bonchev–Trinajstić information content (AvgIpc) is 2.33. The number of benzene rings is 1. The minimum Gasteiger partial charge on any atom is -0.329 e. The zero-order valence-corrected chi connectivity index (χ0v) is 11.5. The van der Waals surface area contributed by atoms with Gasteiger partial charge in [-0.1, -0.05) is 25.1 Å². The first-order valence-corrected chi connectivity index (χ1v) is 6.37. The summed E-state index contributed by atoms with van der Waals surface area (Å²) in [6, 6.07) is 5.99. The smallest absolute Gasteiger partial charge is 0.238 e. The SMILES string of the molecule is CCN(CCN)CC(=O)Nc1c(C)cccc1C. The highest BCUT2D eigenvalue weighted by molar-refractivity contribution is 5.93. The van der Waals surface area contributed by atoms with E-state index in [1.165, 1.54) is 0 Å². The van der Waals surface area contributed by atoms with Crippen molar-refractivity contribution in [2.24, 2.45) is 5.73 Å². The van der Waals surface area contributed by atoms with Gasteiger partial charge in [0.2, 0.25) is 5.91 Å². The minimum atomic E-state index is 0.0164. The van der Waals surface area contributed by atoms with E-state index in [4.69, 9.17) is 5.73 Å². The molecule has 0 aliphatic heterocycles. The van der Waals surface area contributed by atoms with E-state index in [1.807, 2.05) is 43.9 Å². The maximum absolute atomic E-state index is 12.0. The number of para-hydroxylation sites is 1. The van der Waals surface area contributed by atoms with Gasteiger partial charge < -0.3 is 11.1 Å². The Morgan fingerprint density at radius 3 is 2.44 bits per heavy atom. The third-order valence-electron chi connectivity index (χ3n) is 3.01. The summed E-state index contributed by atoms with van der Waals surface area (Å²) >= 11 is 0. The van der Waals surface area contributed by atoms with Gasteiger partial charge in [0.15, 0.2) is 0 Å². The fourth-order valence-corrected chi connectivity index (χ4v) is 1.93. The topological polar surface area (TPSA) is 58.4 Å². The van der Waals surface area contributed by atoms with Crippen molar-refractivity contribution in [3.63, 3.8) is 0 Å². The molecule has 0 aliphatic rings. The Labute approximate surface area is 109 Å². The maximum Gasteiger partial charge on any atom is 0.238 e. The van der Waals surface area contributed by atoms with Crippen molar-refractivity contribution in [3.05, 3.63) is 29.3 Å². The second kappa shape index (κ2) is 7.13. The van der Waals surface area contributed by atoms with Crippen LogP contribution in [0.1, 0.15) is 18.1 Å². The lowest BCUT2D eigenvalue weighted by Crippen LogP contribution is -2.36. The molecule has 0 aromatic heterocycles. The molecule has 0 radical (unpaired) electrons. The van der Waals surface area contributed by atoms with Gasteiger partial charge in [-0.25, -0.2) is 0 Å². The number of nitrogens with two attached hydrogens (primary N) is 1. The first kappa shape index (κ1) is 14.7. The second-order valence-electron chi connectivity index (χ2n) is 4.47. The molecule has 3 N–H and O–H groups in total. The predicted molar refractivity (Wildman–Crippen MR) is 75.7 cm³/mol. The normalized spacial score (nSPS) is 10.7. The summed E-state index contributed by atoms with van der Waals surface area (Å²) in [5.41, 5.74) is 8.61. The predicted octanol–water partition coefficient (Wildman–Crippen LogP) is 1.52. The van der Waals surface area contributed by atoms with E-state index >= 15 is 0 Å². The quantitative estimate of drug-likeness (QED) is 0.803. The van der Waals surface area contributed by atoms with Crippen molar-refractivity contribution in [2.45, 2.75) is 20.8 Å². The Morgan fingerprint density at radius 2 is 1.94 bits per heavy atom. The van der Waals surface area contributed by atoms with Gasteiger partial charge in [0.05, 0.1) is 6.54 Å². The molecule has 1 aromatic rings. The van der Waals surface area contributed by atoms with Gasteiger partial charge in [0.1, 0.15) is 0 Å². The molecule has 0 saturated heterocycles. The molecule has 18 heavy (non-hydrogen) atoms. The molecule has 1 amide bonds. The number of hydrogen-bond acceptors (Lipinski definition) is 3. The molecule has 4 heteroatoms. The molecule has 4 nitrogen and oxygen atoms in total. The number of likely N-dealkylation sites (N-methyl/N-ethyl adjacent to an activating group) is 1. The maximum atomic E-state index is 12.0. The van der Waals surface area contributed by atoms with Gasteiger partial charge in [-0.3, -0.25) is 9.69 Å². The number of carbonyl (C=O) groups is 1. The first-order valence-electron chi connectivity index (χ1n) is 6.37. The lowest BCUT2D eigenvalue weighted by Gasteiger charge is -2.19.